The van der Waals surface area contributed by atoms with Gasteiger partial charge in [0.15, 0.2) is 0 Å². The number of H-pyrrole nitrogens is 1. The Morgan fingerprint density at radius 3 is 3.25 bits per heavy atom. The number of rotatable bonds is 1. The van der Waals surface area contributed by atoms with E-state index >= 15 is 0 Å². The van der Waals surface area contributed by atoms with Gasteiger partial charge in [-0.2, -0.15) is 5.10 Å². The molecular formula is C9H7N3. The fraction of sp³-hybridized carbons (Fsp3) is 0.111. The number of fused-ring (bicyclic) bond motifs is 1. The highest BCUT2D eigenvalue weighted by atomic mass is 15.1. The second-order valence-corrected chi connectivity index (χ2v) is 2.61. The molecule has 0 spiro atoms. The van der Waals surface area contributed by atoms with Gasteiger partial charge in [0.2, 0.25) is 6.54 Å². The molecular weight excluding hydrogens is 150 g/mol. The Kier molecular flexibility index (Phi) is 1.52. The Morgan fingerprint density at radius 2 is 2.42 bits per heavy atom. The lowest BCUT2D eigenvalue weighted by Gasteiger charge is -1.90. The standard InChI is InChI=1S/C9H7N3/c1-10-5-7-2-3-9-8(4-7)6-11-12-9/h2-4,6H,5H2,(H,11,12). The SMILES string of the molecule is [C-]#[N+]Cc1ccc2[nH]ncc2c1. The summed E-state index contributed by atoms with van der Waals surface area (Å²) in [5.41, 5.74) is 2.06. The molecule has 0 unspecified atom stereocenters. The van der Waals surface area contributed by atoms with Crippen molar-refractivity contribution in [1.29, 1.82) is 0 Å². The molecule has 1 aromatic heterocycles. The molecule has 0 aliphatic rings. The number of hydrogen-bond donors (Lipinski definition) is 1. The van der Waals surface area contributed by atoms with Crippen LogP contribution < -0.4 is 0 Å². The summed E-state index contributed by atoms with van der Waals surface area (Å²) in [4.78, 5) is 3.32. The van der Waals surface area contributed by atoms with E-state index < -0.39 is 0 Å². The summed E-state index contributed by atoms with van der Waals surface area (Å²) < 4.78 is 0. The average Bonchev–Trinajstić information content (AvgIpc) is 2.51. The van der Waals surface area contributed by atoms with Crippen LogP contribution in [0.15, 0.2) is 24.4 Å². The quantitative estimate of drug-likeness (QED) is 0.631. The maximum Gasteiger partial charge on any atom is 0.239 e. The van der Waals surface area contributed by atoms with Gasteiger partial charge in [-0.3, -0.25) is 5.10 Å². The van der Waals surface area contributed by atoms with Crippen LogP contribution in [0.25, 0.3) is 15.7 Å². The molecule has 2 aromatic rings. The smallest absolute Gasteiger partial charge is 0.239 e. The van der Waals surface area contributed by atoms with Crippen molar-refractivity contribution in [1.82, 2.24) is 10.2 Å². The number of aromatic amines is 1. The third-order valence-corrected chi connectivity index (χ3v) is 1.77. The number of aromatic nitrogens is 2. The molecule has 0 aliphatic carbocycles. The van der Waals surface area contributed by atoms with Gasteiger partial charge in [0.1, 0.15) is 0 Å². The molecule has 58 valence electrons. The lowest BCUT2D eigenvalue weighted by molar-refractivity contribution is 1.12. The van der Waals surface area contributed by atoms with Crippen molar-refractivity contribution >= 4 is 10.9 Å². The van der Waals surface area contributed by atoms with Crippen molar-refractivity contribution in [3.8, 4) is 0 Å². The van der Waals surface area contributed by atoms with Gasteiger partial charge >= 0.3 is 0 Å². The monoisotopic (exact) mass is 157 g/mol. The normalized spacial score (nSPS) is 9.92. The molecule has 3 heteroatoms. The third kappa shape index (κ3) is 1.04. The molecule has 3 nitrogen and oxygen atoms in total. The first-order valence-electron chi connectivity index (χ1n) is 3.65. The molecule has 0 bridgehead atoms. The van der Waals surface area contributed by atoms with Crippen LogP contribution in [0.3, 0.4) is 0 Å². The zero-order valence-electron chi connectivity index (χ0n) is 6.41. The van der Waals surface area contributed by atoms with E-state index in [1.165, 1.54) is 0 Å². The number of nitrogens with one attached hydrogen (secondary N) is 1. The van der Waals surface area contributed by atoms with E-state index in [0.717, 1.165) is 16.5 Å². The molecule has 0 saturated heterocycles. The van der Waals surface area contributed by atoms with E-state index in [0.29, 0.717) is 6.54 Å². The highest BCUT2D eigenvalue weighted by Crippen LogP contribution is 2.13. The molecule has 0 saturated carbocycles. The van der Waals surface area contributed by atoms with Crippen LogP contribution in [0.5, 0.6) is 0 Å². The van der Waals surface area contributed by atoms with E-state index in [2.05, 4.69) is 15.0 Å². The summed E-state index contributed by atoms with van der Waals surface area (Å²) in [5.74, 6) is 0. The highest BCUT2D eigenvalue weighted by Gasteiger charge is 1.98. The molecule has 1 aromatic carbocycles. The van der Waals surface area contributed by atoms with Crippen LogP contribution in [-0.2, 0) is 6.54 Å². The van der Waals surface area contributed by atoms with E-state index in [1.54, 1.807) is 6.20 Å². The summed E-state index contributed by atoms with van der Waals surface area (Å²) >= 11 is 0. The Hall–Kier alpha value is -1.82. The van der Waals surface area contributed by atoms with Gasteiger partial charge in [0, 0.05) is 10.9 Å². The number of benzene rings is 1. The predicted molar refractivity (Wildman–Crippen MR) is 46.4 cm³/mol. The largest absolute Gasteiger partial charge is 0.312 e. The Morgan fingerprint density at radius 1 is 1.50 bits per heavy atom. The maximum absolute atomic E-state index is 6.71. The summed E-state index contributed by atoms with van der Waals surface area (Å²) in [7, 11) is 0. The van der Waals surface area contributed by atoms with Gasteiger partial charge in [0.05, 0.1) is 11.7 Å². The summed E-state index contributed by atoms with van der Waals surface area (Å²) in [5, 5.41) is 7.83. The summed E-state index contributed by atoms with van der Waals surface area (Å²) in [6, 6.07) is 5.87. The van der Waals surface area contributed by atoms with Crippen LogP contribution in [0, 0.1) is 6.57 Å². The van der Waals surface area contributed by atoms with Gasteiger partial charge in [-0.25, -0.2) is 6.57 Å². The van der Waals surface area contributed by atoms with E-state index in [1.807, 2.05) is 18.2 Å². The first-order chi connectivity index (χ1) is 5.90. The van der Waals surface area contributed by atoms with Crippen molar-refractivity contribution in [2.75, 3.05) is 0 Å². The average molecular weight is 157 g/mol. The molecule has 1 heterocycles. The van der Waals surface area contributed by atoms with Crippen LogP contribution in [0.4, 0.5) is 0 Å². The van der Waals surface area contributed by atoms with Gasteiger partial charge in [0.25, 0.3) is 0 Å². The minimum atomic E-state index is 0.446. The van der Waals surface area contributed by atoms with E-state index in [4.69, 9.17) is 6.57 Å². The molecule has 2 rings (SSSR count). The Bertz CT molecular complexity index is 436. The van der Waals surface area contributed by atoms with Crippen molar-refractivity contribution < 1.29 is 0 Å². The summed E-state index contributed by atoms with van der Waals surface area (Å²) in [6.07, 6.45) is 1.77. The Labute approximate surface area is 69.8 Å². The topological polar surface area (TPSA) is 33.0 Å². The fourth-order valence-electron chi connectivity index (χ4n) is 1.18. The van der Waals surface area contributed by atoms with Gasteiger partial charge < -0.3 is 4.85 Å². The lowest BCUT2D eigenvalue weighted by Crippen LogP contribution is -1.77. The second kappa shape index (κ2) is 2.67. The van der Waals surface area contributed by atoms with Crippen molar-refractivity contribution in [2.45, 2.75) is 6.54 Å². The number of hydrogen-bond acceptors (Lipinski definition) is 1. The van der Waals surface area contributed by atoms with Crippen LogP contribution in [0.2, 0.25) is 0 Å². The highest BCUT2D eigenvalue weighted by molar-refractivity contribution is 5.78. The lowest BCUT2D eigenvalue weighted by atomic mass is 10.2. The first-order valence-corrected chi connectivity index (χ1v) is 3.65. The van der Waals surface area contributed by atoms with Crippen molar-refractivity contribution in [2.24, 2.45) is 0 Å². The molecule has 1 N–H and O–H groups in total. The first kappa shape index (κ1) is 6.86. The third-order valence-electron chi connectivity index (χ3n) is 1.77. The van der Waals surface area contributed by atoms with Gasteiger partial charge in [-0.1, -0.05) is 0 Å². The molecule has 0 radical (unpaired) electrons. The van der Waals surface area contributed by atoms with Crippen LogP contribution in [0.1, 0.15) is 5.56 Å². The van der Waals surface area contributed by atoms with Crippen molar-refractivity contribution in [3.05, 3.63) is 41.4 Å². The fourth-order valence-corrected chi connectivity index (χ4v) is 1.18. The van der Waals surface area contributed by atoms with Crippen LogP contribution in [-0.4, -0.2) is 10.2 Å². The Balaban J connectivity index is 2.54. The minimum absolute atomic E-state index is 0.446. The molecule has 12 heavy (non-hydrogen) atoms. The minimum Gasteiger partial charge on any atom is -0.312 e. The zero-order chi connectivity index (χ0) is 8.39. The maximum atomic E-state index is 6.71. The second-order valence-electron chi connectivity index (χ2n) is 2.61. The van der Waals surface area contributed by atoms with E-state index in [-0.39, 0.29) is 0 Å². The molecule has 0 amide bonds. The summed E-state index contributed by atoms with van der Waals surface area (Å²) in [6.45, 7) is 7.16. The van der Waals surface area contributed by atoms with E-state index in [9.17, 15) is 0 Å². The predicted octanol–water partition coefficient (Wildman–Crippen LogP) is 1.98. The van der Waals surface area contributed by atoms with Crippen LogP contribution >= 0.6 is 0 Å². The molecule has 0 atom stereocenters. The molecule has 0 aliphatic heterocycles. The molecule has 0 fully saturated rings. The van der Waals surface area contributed by atoms with Gasteiger partial charge in [-0.05, 0) is 18.2 Å². The van der Waals surface area contributed by atoms with Crippen molar-refractivity contribution in [3.63, 3.8) is 0 Å². The number of nitrogens with zero attached hydrogens (tertiary/aromatic N) is 2. The van der Waals surface area contributed by atoms with Gasteiger partial charge in [-0.15, -0.1) is 0 Å². The zero-order valence-corrected chi connectivity index (χ0v) is 6.41.